The summed E-state index contributed by atoms with van der Waals surface area (Å²) in [4.78, 5) is 10.2. The lowest BCUT2D eigenvalue weighted by atomic mass is 10.2. The van der Waals surface area contributed by atoms with Crippen molar-refractivity contribution in [2.24, 2.45) is 5.10 Å². The zero-order valence-electron chi connectivity index (χ0n) is 12.2. The molecule has 0 bridgehead atoms. The van der Waals surface area contributed by atoms with Crippen LogP contribution < -0.4 is 10.2 Å². The van der Waals surface area contributed by atoms with Crippen molar-refractivity contribution >= 4 is 33.5 Å². The molecule has 0 aliphatic rings. The molecule has 0 aliphatic carbocycles. The highest BCUT2D eigenvalue weighted by molar-refractivity contribution is 9.10. The first-order valence-electron chi connectivity index (χ1n) is 6.70. The van der Waals surface area contributed by atoms with E-state index in [1.807, 2.05) is 6.92 Å². The minimum absolute atomic E-state index is 0.0174. The number of ether oxygens (including phenoxy) is 1. The molecule has 8 heteroatoms. The Morgan fingerprint density at radius 3 is 2.91 bits per heavy atom. The average molecular weight is 380 g/mol. The van der Waals surface area contributed by atoms with Crippen molar-refractivity contribution in [3.63, 3.8) is 0 Å². The number of rotatable bonds is 6. The lowest BCUT2D eigenvalue weighted by Gasteiger charge is -2.08. The molecule has 0 saturated carbocycles. The Labute approximate surface area is 140 Å². The van der Waals surface area contributed by atoms with Crippen molar-refractivity contribution in [2.45, 2.75) is 6.92 Å². The van der Waals surface area contributed by atoms with Crippen molar-refractivity contribution in [1.29, 1.82) is 0 Å². The number of non-ortho nitro benzene ring substituents is 1. The van der Waals surface area contributed by atoms with Gasteiger partial charge in [0.1, 0.15) is 0 Å². The van der Waals surface area contributed by atoms with Gasteiger partial charge < -0.3 is 9.84 Å². The molecule has 2 N–H and O–H groups in total. The maximum atomic E-state index is 10.7. The second kappa shape index (κ2) is 7.59. The zero-order valence-corrected chi connectivity index (χ0v) is 13.8. The number of hydrogen-bond acceptors (Lipinski definition) is 6. The fraction of sp³-hybridized carbons (Fsp3) is 0.133. The summed E-state index contributed by atoms with van der Waals surface area (Å²) in [5.41, 5.74) is 3.89. The van der Waals surface area contributed by atoms with Gasteiger partial charge in [-0.15, -0.1) is 0 Å². The van der Waals surface area contributed by atoms with Gasteiger partial charge in [-0.05, 0) is 46.6 Å². The van der Waals surface area contributed by atoms with E-state index in [1.165, 1.54) is 18.3 Å². The van der Waals surface area contributed by atoms with Gasteiger partial charge in [-0.1, -0.05) is 6.07 Å². The van der Waals surface area contributed by atoms with Crippen LogP contribution in [0, 0.1) is 10.1 Å². The third-order valence-electron chi connectivity index (χ3n) is 2.81. The summed E-state index contributed by atoms with van der Waals surface area (Å²) in [7, 11) is 0. The maximum absolute atomic E-state index is 10.7. The lowest BCUT2D eigenvalue weighted by molar-refractivity contribution is -0.384. The molecular formula is C15H14BrN3O4. The Morgan fingerprint density at radius 2 is 2.22 bits per heavy atom. The lowest BCUT2D eigenvalue weighted by Crippen LogP contribution is -1.95. The van der Waals surface area contributed by atoms with E-state index in [0.29, 0.717) is 28.1 Å². The molecule has 2 aromatic rings. The molecule has 0 aliphatic heterocycles. The Morgan fingerprint density at radius 1 is 1.43 bits per heavy atom. The Hall–Kier alpha value is -2.61. The third kappa shape index (κ3) is 4.43. The summed E-state index contributed by atoms with van der Waals surface area (Å²) in [6.07, 6.45) is 1.52. The van der Waals surface area contributed by atoms with E-state index < -0.39 is 4.92 Å². The van der Waals surface area contributed by atoms with Crippen molar-refractivity contribution in [2.75, 3.05) is 12.0 Å². The van der Waals surface area contributed by atoms with Crippen LogP contribution in [0.4, 0.5) is 11.4 Å². The summed E-state index contributed by atoms with van der Waals surface area (Å²) in [5.74, 6) is 0.370. The van der Waals surface area contributed by atoms with E-state index in [1.54, 1.807) is 24.3 Å². The summed E-state index contributed by atoms with van der Waals surface area (Å²) >= 11 is 3.24. The van der Waals surface area contributed by atoms with E-state index in [-0.39, 0.29) is 11.4 Å². The van der Waals surface area contributed by atoms with Crippen LogP contribution in [0.5, 0.6) is 11.5 Å². The number of phenols is 1. The molecule has 0 amide bonds. The molecule has 120 valence electrons. The first kappa shape index (κ1) is 16.8. The average Bonchev–Trinajstić information content (AvgIpc) is 2.52. The summed E-state index contributed by atoms with van der Waals surface area (Å²) < 4.78 is 5.81. The van der Waals surface area contributed by atoms with Gasteiger partial charge >= 0.3 is 0 Å². The van der Waals surface area contributed by atoms with Gasteiger partial charge in [-0.2, -0.15) is 5.10 Å². The predicted molar refractivity (Wildman–Crippen MR) is 91.3 cm³/mol. The number of nitro benzene ring substituents is 1. The molecule has 0 aromatic heterocycles. The zero-order chi connectivity index (χ0) is 16.8. The maximum Gasteiger partial charge on any atom is 0.271 e. The fourth-order valence-corrected chi connectivity index (χ4v) is 2.26. The number of phenolic OH excluding ortho intramolecular Hbond substituents is 1. The van der Waals surface area contributed by atoms with Crippen LogP contribution in [0.15, 0.2) is 46.0 Å². The van der Waals surface area contributed by atoms with E-state index >= 15 is 0 Å². The number of aromatic hydroxyl groups is 1. The third-order valence-corrected chi connectivity index (χ3v) is 3.42. The highest BCUT2D eigenvalue weighted by Crippen LogP contribution is 2.35. The first-order valence-corrected chi connectivity index (χ1v) is 7.49. The van der Waals surface area contributed by atoms with Crippen LogP contribution in [0.1, 0.15) is 12.5 Å². The molecule has 0 fully saturated rings. The number of nitrogens with one attached hydrogen (secondary N) is 1. The molecule has 2 aromatic carbocycles. The van der Waals surface area contributed by atoms with Crippen LogP contribution in [0.2, 0.25) is 0 Å². The number of hydrogen-bond donors (Lipinski definition) is 2. The Kier molecular flexibility index (Phi) is 5.53. The molecule has 0 saturated heterocycles. The molecule has 0 unspecified atom stereocenters. The summed E-state index contributed by atoms with van der Waals surface area (Å²) in [5, 5.41) is 24.6. The normalized spacial score (nSPS) is 10.7. The van der Waals surface area contributed by atoms with Gasteiger partial charge in [0.15, 0.2) is 11.5 Å². The van der Waals surface area contributed by atoms with Crippen molar-refractivity contribution in [3.8, 4) is 11.5 Å². The van der Waals surface area contributed by atoms with Crippen LogP contribution in [0.3, 0.4) is 0 Å². The first-order chi connectivity index (χ1) is 11.0. The minimum atomic E-state index is -0.472. The number of anilines is 1. The molecule has 0 spiro atoms. The number of nitro groups is 1. The van der Waals surface area contributed by atoms with Crippen molar-refractivity contribution < 1.29 is 14.8 Å². The smallest absolute Gasteiger partial charge is 0.271 e. The molecule has 7 nitrogen and oxygen atoms in total. The summed E-state index contributed by atoms with van der Waals surface area (Å²) in [6.45, 7) is 2.24. The van der Waals surface area contributed by atoms with E-state index in [4.69, 9.17) is 4.74 Å². The Balaban J connectivity index is 2.14. The van der Waals surface area contributed by atoms with Crippen molar-refractivity contribution in [1.82, 2.24) is 0 Å². The van der Waals surface area contributed by atoms with Crippen LogP contribution in [-0.4, -0.2) is 22.9 Å². The standard InChI is InChI=1S/C15H14BrN3O4/c1-2-23-14-7-10(6-13(16)15(14)20)9-17-18-11-4-3-5-12(8-11)19(21)22/h3-9,18,20H,2H2,1H3. The molecule has 23 heavy (non-hydrogen) atoms. The number of nitrogens with zero attached hydrogens (tertiary/aromatic N) is 2. The van der Waals surface area contributed by atoms with Crippen LogP contribution in [0.25, 0.3) is 0 Å². The number of halogens is 1. The molecular weight excluding hydrogens is 366 g/mol. The largest absolute Gasteiger partial charge is 0.503 e. The van der Waals surface area contributed by atoms with Gasteiger partial charge in [0.25, 0.3) is 5.69 Å². The number of benzene rings is 2. The quantitative estimate of drug-likeness (QED) is 0.450. The highest BCUT2D eigenvalue weighted by Gasteiger charge is 2.08. The second-order valence-corrected chi connectivity index (χ2v) is 5.31. The minimum Gasteiger partial charge on any atom is -0.503 e. The SMILES string of the molecule is CCOc1cc(C=NNc2cccc([N+](=O)[O-])c2)cc(Br)c1O. The topological polar surface area (TPSA) is 97.0 Å². The van der Waals surface area contributed by atoms with E-state index in [0.717, 1.165) is 0 Å². The summed E-state index contributed by atoms with van der Waals surface area (Å²) in [6, 6.07) is 9.35. The van der Waals surface area contributed by atoms with Crippen molar-refractivity contribution in [3.05, 3.63) is 56.5 Å². The predicted octanol–water partition coefficient (Wildman–Crippen LogP) is 3.91. The highest BCUT2D eigenvalue weighted by atomic mass is 79.9. The van der Waals surface area contributed by atoms with Gasteiger partial charge in [0, 0.05) is 12.1 Å². The van der Waals surface area contributed by atoms with Crippen LogP contribution >= 0.6 is 15.9 Å². The molecule has 2 rings (SSSR count). The van der Waals surface area contributed by atoms with Gasteiger partial charge in [0.05, 0.1) is 27.9 Å². The molecule has 0 radical (unpaired) electrons. The van der Waals surface area contributed by atoms with Gasteiger partial charge in [-0.25, -0.2) is 0 Å². The molecule has 0 heterocycles. The second-order valence-electron chi connectivity index (χ2n) is 4.46. The monoisotopic (exact) mass is 379 g/mol. The van der Waals surface area contributed by atoms with E-state index in [2.05, 4.69) is 26.5 Å². The van der Waals surface area contributed by atoms with Crippen LogP contribution in [-0.2, 0) is 0 Å². The van der Waals surface area contributed by atoms with Gasteiger partial charge in [-0.3, -0.25) is 15.5 Å². The Bertz CT molecular complexity index is 749. The fourth-order valence-electron chi connectivity index (χ4n) is 1.80. The molecule has 0 atom stereocenters. The van der Waals surface area contributed by atoms with E-state index in [9.17, 15) is 15.2 Å². The van der Waals surface area contributed by atoms with Gasteiger partial charge in [0.2, 0.25) is 0 Å². The number of hydrazone groups is 1.